The quantitative estimate of drug-likeness (QED) is 0.691. The monoisotopic (exact) mass is 358 g/mol. The maximum atomic E-state index is 12.2. The highest BCUT2D eigenvalue weighted by atomic mass is 35.5. The SMILES string of the molecule is O=C(Nc1ccc(O)cn1)c1ccc(-c2c(Cl)cccc2Cl)cc1. The van der Waals surface area contributed by atoms with Crippen LogP contribution in [0.1, 0.15) is 10.4 Å². The van der Waals surface area contributed by atoms with E-state index < -0.39 is 0 Å². The molecule has 0 aliphatic carbocycles. The van der Waals surface area contributed by atoms with Gasteiger partial charge in [0.1, 0.15) is 11.6 Å². The predicted molar refractivity (Wildman–Crippen MR) is 95.8 cm³/mol. The molecule has 0 spiro atoms. The molecular weight excluding hydrogens is 347 g/mol. The Balaban J connectivity index is 1.81. The number of halogens is 2. The number of carbonyl (C=O) groups excluding carboxylic acids is 1. The van der Waals surface area contributed by atoms with E-state index in [1.165, 1.54) is 18.3 Å². The topological polar surface area (TPSA) is 62.2 Å². The third-order valence-corrected chi connectivity index (χ3v) is 4.02. The minimum Gasteiger partial charge on any atom is -0.506 e. The molecule has 0 unspecified atom stereocenters. The van der Waals surface area contributed by atoms with Crippen molar-refractivity contribution in [3.63, 3.8) is 0 Å². The van der Waals surface area contributed by atoms with Crippen molar-refractivity contribution < 1.29 is 9.90 Å². The van der Waals surface area contributed by atoms with Crippen molar-refractivity contribution in [1.82, 2.24) is 4.98 Å². The lowest BCUT2D eigenvalue weighted by molar-refractivity contribution is 0.102. The van der Waals surface area contributed by atoms with Crippen LogP contribution in [0.15, 0.2) is 60.8 Å². The normalized spacial score (nSPS) is 10.4. The van der Waals surface area contributed by atoms with Crippen molar-refractivity contribution in [3.8, 4) is 16.9 Å². The van der Waals surface area contributed by atoms with E-state index in [2.05, 4.69) is 10.3 Å². The van der Waals surface area contributed by atoms with Crippen LogP contribution < -0.4 is 5.32 Å². The Morgan fingerprint density at radius 3 is 2.21 bits per heavy atom. The molecule has 4 nitrogen and oxygen atoms in total. The van der Waals surface area contributed by atoms with Crippen LogP contribution in [0, 0.1) is 0 Å². The molecule has 0 radical (unpaired) electrons. The highest BCUT2D eigenvalue weighted by molar-refractivity contribution is 6.39. The summed E-state index contributed by atoms with van der Waals surface area (Å²) in [7, 11) is 0. The van der Waals surface area contributed by atoms with Gasteiger partial charge in [-0.1, -0.05) is 41.4 Å². The van der Waals surface area contributed by atoms with Crippen LogP contribution in [0.2, 0.25) is 10.0 Å². The van der Waals surface area contributed by atoms with Crippen molar-refractivity contribution in [1.29, 1.82) is 0 Å². The van der Waals surface area contributed by atoms with Gasteiger partial charge in [0.2, 0.25) is 0 Å². The first-order valence-electron chi connectivity index (χ1n) is 7.05. The molecule has 0 saturated carbocycles. The Morgan fingerprint density at radius 2 is 1.62 bits per heavy atom. The lowest BCUT2D eigenvalue weighted by atomic mass is 10.0. The number of aromatic hydroxyl groups is 1. The number of anilines is 1. The van der Waals surface area contributed by atoms with Gasteiger partial charge in [-0.25, -0.2) is 4.98 Å². The van der Waals surface area contributed by atoms with Crippen molar-refractivity contribution in [2.24, 2.45) is 0 Å². The first kappa shape index (κ1) is 16.3. The summed E-state index contributed by atoms with van der Waals surface area (Å²) in [5.74, 6) is 0.0926. The zero-order chi connectivity index (χ0) is 17.1. The summed E-state index contributed by atoms with van der Waals surface area (Å²) in [5.41, 5.74) is 2.02. The summed E-state index contributed by atoms with van der Waals surface area (Å²) in [5, 5.41) is 12.9. The minimum absolute atomic E-state index is 0.0361. The van der Waals surface area contributed by atoms with Crippen LogP contribution in [-0.2, 0) is 0 Å². The molecule has 2 N–H and O–H groups in total. The van der Waals surface area contributed by atoms with Gasteiger partial charge in [0.05, 0.1) is 6.20 Å². The summed E-state index contributed by atoms with van der Waals surface area (Å²) in [6, 6.07) is 15.2. The Labute approximate surface area is 148 Å². The van der Waals surface area contributed by atoms with E-state index in [1.807, 2.05) is 0 Å². The van der Waals surface area contributed by atoms with Crippen molar-refractivity contribution >= 4 is 34.9 Å². The number of carbonyl (C=O) groups is 1. The first-order valence-corrected chi connectivity index (χ1v) is 7.81. The van der Waals surface area contributed by atoms with E-state index in [0.717, 1.165) is 11.1 Å². The second kappa shape index (κ2) is 6.91. The molecule has 0 aliphatic heterocycles. The Bertz CT molecular complexity index is 858. The summed E-state index contributed by atoms with van der Waals surface area (Å²) in [6.45, 7) is 0. The van der Waals surface area contributed by atoms with Crippen molar-refractivity contribution in [3.05, 3.63) is 76.4 Å². The third kappa shape index (κ3) is 3.50. The molecule has 0 fully saturated rings. The Morgan fingerprint density at radius 1 is 0.958 bits per heavy atom. The summed E-state index contributed by atoms with van der Waals surface area (Å²) >= 11 is 12.4. The molecule has 3 aromatic rings. The molecule has 0 atom stereocenters. The Kier molecular flexibility index (Phi) is 4.69. The van der Waals surface area contributed by atoms with Gasteiger partial charge in [-0.05, 0) is 42.0 Å². The van der Waals surface area contributed by atoms with Gasteiger partial charge >= 0.3 is 0 Å². The first-order chi connectivity index (χ1) is 11.5. The lowest BCUT2D eigenvalue weighted by Crippen LogP contribution is -2.12. The molecule has 2 aromatic carbocycles. The van der Waals surface area contributed by atoms with Crippen molar-refractivity contribution in [2.75, 3.05) is 5.32 Å². The number of nitrogens with one attached hydrogen (secondary N) is 1. The molecule has 6 heteroatoms. The van der Waals surface area contributed by atoms with Gasteiger partial charge in [-0.2, -0.15) is 0 Å². The fraction of sp³-hybridized carbons (Fsp3) is 0. The van der Waals surface area contributed by atoms with E-state index in [9.17, 15) is 9.90 Å². The van der Waals surface area contributed by atoms with E-state index in [0.29, 0.717) is 21.4 Å². The largest absolute Gasteiger partial charge is 0.506 e. The highest BCUT2D eigenvalue weighted by Crippen LogP contribution is 2.34. The molecule has 0 saturated heterocycles. The number of hydrogen-bond donors (Lipinski definition) is 2. The number of benzene rings is 2. The van der Waals surface area contributed by atoms with Gasteiger partial charge < -0.3 is 10.4 Å². The molecule has 120 valence electrons. The third-order valence-electron chi connectivity index (χ3n) is 3.39. The van der Waals surface area contributed by atoms with E-state index >= 15 is 0 Å². The van der Waals surface area contributed by atoms with Crippen molar-refractivity contribution in [2.45, 2.75) is 0 Å². The van der Waals surface area contributed by atoms with Crippen LogP contribution >= 0.6 is 23.2 Å². The summed E-state index contributed by atoms with van der Waals surface area (Å²) in [4.78, 5) is 16.1. The highest BCUT2D eigenvalue weighted by Gasteiger charge is 2.11. The average molecular weight is 359 g/mol. The fourth-order valence-electron chi connectivity index (χ4n) is 2.21. The predicted octanol–water partition coefficient (Wildman–Crippen LogP) is 5.01. The van der Waals surface area contributed by atoms with E-state index in [4.69, 9.17) is 23.2 Å². The van der Waals surface area contributed by atoms with Crippen LogP contribution in [0.5, 0.6) is 5.75 Å². The summed E-state index contributed by atoms with van der Waals surface area (Å²) < 4.78 is 0. The molecule has 3 rings (SSSR count). The van der Waals surface area contributed by atoms with Gasteiger partial charge in [-0.15, -0.1) is 0 Å². The Hall–Kier alpha value is -2.56. The maximum Gasteiger partial charge on any atom is 0.256 e. The number of nitrogens with zero attached hydrogens (tertiary/aromatic N) is 1. The van der Waals surface area contributed by atoms with Crippen LogP contribution in [0.4, 0.5) is 5.82 Å². The summed E-state index contributed by atoms with van der Waals surface area (Å²) in [6.07, 6.45) is 1.26. The number of amides is 1. The van der Waals surface area contributed by atoms with Gasteiger partial charge in [0.15, 0.2) is 0 Å². The lowest BCUT2D eigenvalue weighted by Gasteiger charge is -2.08. The smallest absolute Gasteiger partial charge is 0.256 e. The molecule has 0 aliphatic rings. The molecular formula is C18H12Cl2N2O2. The minimum atomic E-state index is -0.301. The molecule has 1 heterocycles. The second-order valence-electron chi connectivity index (χ2n) is 5.03. The second-order valence-corrected chi connectivity index (χ2v) is 5.84. The van der Waals surface area contributed by atoms with E-state index in [1.54, 1.807) is 42.5 Å². The molecule has 1 amide bonds. The standard InChI is InChI=1S/C18H12Cl2N2O2/c19-14-2-1-3-15(20)17(14)11-4-6-12(7-5-11)18(24)22-16-9-8-13(23)10-21-16/h1-10,23H,(H,21,22,24). The number of rotatable bonds is 3. The number of pyridine rings is 1. The van der Waals surface area contributed by atoms with Gasteiger partial charge in [0.25, 0.3) is 5.91 Å². The average Bonchev–Trinajstić information content (AvgIpc) is 2.57. The van der Waals surface area contributed by atoms with Crippen LogP contribution in [-0.4, -0.2) is 16.0 Å². The van der Waals surface area contributed by atoms with Crippen LogP contribution in [0.3, 0.4) is 0 Å². The number of aromatic nitrogens is 1. The molecule has 0 bridgehead atoms. The van der Waals surface area contributed by atoms with Gasteiger partial charge in [0, 0.05) is 21.2 Å². The number of hydrogen-bond acceptors (Lipinski definition) is 3. The zero-order valence-electron chi connectivity index (χ0n) is 12.3. The molecule has 1 aromatic heterocycles. The maximum absolute atomic E-state index is 12.2. The zero-order valence-corrected chi connectivity index (χ0v) is 13.8. The van der Waals surface area contributed by atoms with E-state index in [-0.39, 0.29) is 11.7 Å². The van der Waals surface area contributed by atoms with Crippen LogP contribution in [0.25, 0.3) is 11.1 Å². The fourth-order valence-corrected chi connectivity index (χ4v) is 2.83. The molecule has 24 heavy (non-hydrogen) atoms. The van der Waals surface area contributed by atoms with Gasteiger partial charge in [-0.3, -0.25) is 4.79 Å².